The van der Waals surface area contributed by atoms with Gasteiger partial charge in [0, 0.05) is 11.8 Å². The van der Waals surface area contributed by atoms with E-state index in [2.05, 4.69) is 34.1 Å². The predicted octanol–water partition coefficient (Wildman–Crippen LogP) is 4.78. The molecule has 1 aliphatic rings. The second-order valence-corrected chi connectivity index (χ2v) is 8.09. The summed E-state index contributed by atoms with van der Waals surface area (Å²) in [7, 11) is 0. The summed E-state index contributed by atoms with van der Waals surface area (Å²) < 4.78 is 2.06. The van der Waals surface area contributed by atoms with Crippen LogP contribution in [0.4, 0.5) is 0 Å². The number of nitrogens with one attached hydrogen (secondary N) is 1. The topological polar surface area (TPSA) is 46.9 Å². The maximum atomic E-state index is 12.7. The summed E-state index contributed by atoms with van der Waals surface area (Å²) in [5.74, 6) is 0.931. The van der Waals surface area contributed by atoms with Gasteiger partial charge in [-0.2, -0.15) is 0 Å². The molecule has 140 valence electrons. The van der Waals surface area contributed by atoms with E-state index < -0.39 is 0 Å². The van der Waals surface area contributed by atoms with Crippen LogP contribution in [-0.4, -0.2) is 21.5 Å². The lowest BCUT2D eigenvalue weighted by Gasteiger charge is -2.23. The average Bonchev–Trinajstić information content (AvgIpc) is 3.05. The maximum absolute atomic E-state index is 12.7. The Balaban J connectivity index is 1.51. The van der Waals surface area contributed by atoms with Gasteiger partial charge in [-0.3, -0.25) is 4.79 Å². The summed E-state index contributed by atoms with van der Waals surface area (Å²) in [4.78, 5) is 17.5. The lowest BCUT2D eigenvalue weighted by atomic mass is 9.95. The number of carbonyl (C=O) groups is 1. The zero-order chi connectivity index (χ0) is 18.5. The number of fused-ring (bicyclic) bond motifs is 1. The van der Waals surface area contributed by atoms with Gasteiger partial charge in [0.25, 0.3) is 0 Å². The third-order valence-corrected chi connectivity index (χ3v) is 6.15. The van der Waals surface area contributed by atoms with Gasteiger partial charge < -0.3 is 9.88 Å². The zero-order valence-corrected chi connectivity index (χ0v) is 16.3. The third-order valence-electron chi connectivity index (χ3n) is 5.10. The summed E-state index contributed by atoms with van der Waals surface area (Å²) in [5, 5.41) is 4.13. The van der Waals surface area contributed by atoms with Crippen LogP contribution in [0.1, 0.15) is 37.7 Å². The Kier molecular flexibility index (Phi) is 5.78. The van der Waals surface area contributed by atoms with Crippen LogP contribution in [0.5, 0.6) is 0 Å². The molecule has 1 amide bonds. The number of amides is 1. The van der Waals surface area contributed by atoms with Gasteiger partial charge in [-0.05, 0) is 30.5 Å². The van der Waals surface area contributed by atoms with E-state index in [-0.39, 0.29) is 5.91 Å². The summed E-state index contributed by atoms with van der Waals surface area (Å²) in [6.07, 6.45) is 5.94. The highest BCUT2D eigenvalue weighted by Gasteiger charge is 2.18. The van der Waals surface area contributed by atoms with E-state index in [1.54, 1.807) is 11.8 Å². The number of hydrogen-bond donors (Lipinski definition) is 1. The van der Waals surface area contributed by atoms with Crippen molar-refractivity contribution in [3.8, 4) is 0 Å². The molecule has 4 rings (SSSR count). The molecule has 27 heavy (non-hydrogen) atoms. The molecule has 1 aliphatic carbocycles. The summed E-state index contributed by atoms with van der Waals surface area (Å²) in [6, 6.07) is 18.8. The molecule has 1 N–H and O–H groups in total. The first-order valence-corrected chi connectivity index (χ1v) is 10.7. The number of para-hydroxylation sites is 2. The Hall–Kier alpha value is -2.27. The fourth-order valence-corrected chi connectivity index (χ4v) is 4.67. The van der Waals surface area contributed by atoms with Gasteiger partial charge in [0.05, 0.1) is 11.0 Å². The first-order valence-electron chi connectivity index (χ1n) is 9.71. The molecular weight excluding hydrogens is 354 g/mol. The second-order valence-electron chi connectivity index (χ2n) is 7.15. The number of imidazole rings is 1. The quantitative estimate of drug-likeness (QED) is 0.627. The van der Waals surface area contributed by atoms with Crippen molar-refractivity contribution >= 4 is 28.7 Å². The van der Waals surface area contributed by atoms with Crippen molar-refractivity contribution in [1.29, 1.82) is 0 Å². The smallest absolute Gasteiger partial charge is 0.240 e. The molecule has 0 unspecified atom stereocenters. The molecule has 0 bridgehead atoms. The Morgan fingerprint density at radius 1 is 1.04 bits per heavy atom. The molecule has 1 heterocycles. The van der Waals surface area contributed by atoms with E-state index in [0.717, 1.165) is 34.8 Å². The van der Waals surface area contributed by atoms with E-state index in [0.29, 0.717) is 12.6 Å². The number of hydrogen-bond acceptors (Lipinski definition) is 3. The van der Waals surface area contributed by atoms with Crippen molar-refractivity contribution < 1.29 is 4.79 Å². The molecule has 0 saturated heterocycles. The van der Waals surface area contributed by atoms with Gasteiger partial charge in [-0.15, -0.1) is 0 Å². The van der Waals surface area contributed by atoms with Gasteiger partial charge in [0.1, 0.15) is 6.54 Å². The van der Waals surface area contributed by atoms with Crippen LogP contribution in [0.3, 0.4) is 0 Å². The number of rotatable bonds is 6. The molecule has 0 aliphatic heterocycles. The minimum absolute atomic E-state index is 0.0895. The minimum Gasteiger partial charge on any atom is -0.352 e. The standard InChI is InChI=1S/C22H25N3OS/c26-21(23-18-11-5-2-6-12-18)15-25-20-14-8-7-13-19(20)24-22(25)27-16-17-9-3-1-4-10-17/h1,3-4,7-10,13-14,18H,2,5-6,11-12,15-16H2,(H,23,26). The number of nitrogens with zero attached hydrogens (tertiary/aromatic N) is 2. The van der Waals surface area contributed by atoms with Crippen molar-refractivity contribution in [3.05, 3.63) is 60.2 Å². The largest absolute Gasteiger partial charge is 0.352 e. The zero-order valence-electron chi connectivity index (χ0n) is 15.4. The molecule has 5 heteroatoms. The second kappa shape index (κ2) is 8.61. The van der Waals surface area contributed by atoms with Crippen molar-refractivity contribution in [2.45, 2.75) is 55.6 Å². The third kappa shape index (κ3) is 4.53. The van der Waals surface area contributed by atoms with Crippen LogP contribution in [-0.2, 0) is 17.1 Å². The average molecular weight is 380 g/mol. The molecule has 0 radical (unpaired) electrons. The van der Waals surface area contributed by atoms with E-state index in [1.807, 2.05) is 30.3 Å². The SMILES string of the molecule is O=C(Cn1c(SCc2ccccc2)nc2ccccc21)NC1CCCCC1. The Labute approximate surface area is 164 Å². The van der Waals surface area contributed by atoms with Crippen molar-refractivity contribution in [1.82, 2.24) is 14.9 Å². The number of aromatic nitrogens is 2. The summed E-state index contributed by atoms with van der Waals surface area (Å²) >= 11 is 1.69. The van der Waals surface area contributed by atoms with Crippen LogP contribution >= 0.6 is 11.8 Å². The Bertz CT molecular complexity index is 900. The summed E-state index contributed by atoms with van der Waals surface area (Å²) in [6.45, 7) is 0.328. The van der Waals surface area contributed by atoms with Gasteiger partial charge in [0.15, 0.2) is 5.16 Å². The van der Waals surface area contributed by atoms with Crippen LogP contribution in [0.25, 0.3) is 11.0 Å². The Morgan fingerprint density at radius 2 is 1.78 bits per heavy atom. The number of thioether (sulfide) groups is 1. The molecule has 2 aromatic carbocycles. The van der Waals surface area contributed by atoms with Crippen LogP contribution < -0.4 is 5.32 Å². The van der Waals surface area contributed by atoms with E-state index in [9.17, 15) is 4.79 Å². The lowest BCUT2D eigenvalue weighted by molar-refractivity contribution is -0.122. The van der Waals surface area contributed by atoms with Crippen LogP contribution in [0.15, 0.2) is 59.8 Å². The molecule has 0 spiro atoms. The lowest BCUT2D eigenvalue weighted by Crippen LogP contribution is -2.38. The molecule has 3 aromatic rings. The van der Waals surface area contributed by atoms with Gasteiger partial charge >= 0.3 is 0 Å². The van der Waals surface area contributed by atoms with E-state index in [1.165, 1.54) is 24.8 Å². The monoisotopic (exact) mass is 379 g/mol. The molecule has 4 nitrogen and oxygen atoms in total. The first kappa shape index (κ1) is 18.1. The van der Waals surface area contributed by atoms with Gasteiger partial charge in [0.2, 0.25) is 5.91 Å². The van der Waals surface area contributed by atoms with Crippen LogP contribution in [0.2, 0.25) is 0 Å². The predicted molar refractivity (Wildman–Crippen MR) is 111 cm³/mol. The Morgan fingerprint density at radius 3 is 2.59 bits per heavy atom. The fourth-order valence-electron chi connectivity index (χ4n) is 3.70. The molecule has 1 saturated carbocycles. The maximum Gasteiger partial charge on any atom is 0.240 e. The molecule has 1 fully saturated rings. The fraction of sp³-hybridized carbons (Fsp3) is 0.364. The first-order chi connectivity index (χ1) is 13.3. The van der Waals surface area contributed by atoms with Gasteiger partial charge in [-0.1, -0.05) is 73.5 Å². The molecule has 1 aromatic heterocycles. The molecular formula is C22H25N3OS. The highest BCUT2D eigenvalue weighted by molar-refractivity contribution is 7.98. The van der Waals surface area contributed by atoms with E-state index >= 15 is 0 Å². The number of carbonyl (C=O) groups excluding carboxylic acids is 1. The number of benzene rings is 2. The van der Waals surface area contributed by atoms with Crippen molar-refractivity contribution in [3.63, 3.8) is 0 Å². The summed E-state index contributed by atoms with van der Waals surface area (Å²) in [5.41, 5.74) is 3.22. The highest BCUT2D eigenvalue weighted by Crippen LogP contribution is 2.27. The van der Waals surface area contributed by atoms with Crippen molar-refractivity contribution in [2.24, 2.45) is 0 Å². The van der Waals surface area contributed by atoms with E-state index in [4.69, 9.17) is 4.98 Å². The minimum atomic E-state index is 0.0895. The van der Waals surface area contributed by atoms with Crippen LogP contribution in [0, 0.1) is 0 Å². The van der Waals surface area contributed by atoms with Crippen molar-refractivity contribution in [2.75, 3.05) is 0 Å². The molecule has 0 atom stereocenters. The van der Waals surface area contributed by atoms with Gasteiger partial charge in [-0.25, -0.2) is 4.98 Å². The normalized spacial score (nSPS) is 15.1. The highest BCUT2D eigenvalue weighted by atomic mass is 32.2.